The summed E-state index contributed by atoms with van der Waals surface area (Å²) in [4.78, 5) is 0. The van der Waals surface area contributed by atoms with Gasteiger partial charge in [0.15, 0.2) is 17.3 Å². The fraction of sp³-hybridized carbons (Fsp3) is 0.357. The zero-order valence-electron chi connectivity index (χ0n) is 11.0. The minimum absolute atomic E-state index is 0.162. The average Bonchev–Trinajstić information content (AvgIpc) is 2.83. The van der Waals surface area contributed by atoms with Crippen LogP contribution in [-0.2, 0) is 13.2 Å². The molecule has 4 nitrogen and oxygen atoms in total. The van der Waals surface area contributed by atoms with Crippen molar-refractivity contribution in [3.8, 4) is 5.75 Å². The number of para-hydroxylation sites is 1. The van der Waals surface area contributed by atoms with Crippen molar-refractivity contribution in [2.24, 2.45) is 0 Å². The summed E-state index contributed by atoms with van der Waals surface area (Å²) in [6.45, 7) is 4.92. The van der Waals surface area contributed by atoms with E-state index in [4.69, 9.17) is 9.26 Å². The molecule has 0 bridgehead atoms. The van der Waals surface area contributed by atoms with Gasteiger partial charge in [0, 0.05) is 18.7 Å². The standard InChI is InChI=1S/C14H17FN2O2/c1-10(2)16-8-11-7-12(19-17-11)9-18-14-6-4-3-5-13(14)15/h3-7,10,16H,8-9H2,1-2H3. The number of ether oxygens (including phenoxy) is 1. The number of halogens is 1. The molecule has 0 aliphatic rings. The van der Waals surface area contributed by atoms with E-state index in [1.165, 1.54) is 6.07 Å². The highest BCUT2D eigenvalue weighted by molar-refractivity contribution is 5.23. The number of aromatic nitrogens is 1. The average molecular weight is 264 g/mol. The van der Waals surface area contributed by atoms with Crippen LogP contribution in [0.1, 0.15) is 25.3 Å². The third-order valence-electron chi connectivity index (χ3n) is 2.51. The lowest BCUT2D eigenvalue weighted by Crippen LogP contribution is -2.21. The molecule has 1 aromatic carbocycles. The van der Waals surface area contributed by atoms with Crippen LogP contribution >= 0.6 is 0 Å². The van der Waals surface area contributed by atoms with Gasteiger partial charge in [-0.1, -0.05) is 31.1 Å². The molecule has 1 heterocycles. The molecule has 102 valence electrons. The highest BCUT2D eigenvalue weighted by Gasteiger charge is 2.07. The van der Waals surface area contributed by atoms with Crippen LogP contribution in [0.3, 0.4) is 0 Å². The van der Waals surface area contributed by atoms with Crippen molar-refractivity contribution in [2.45, 2.75) is 33.0 Å². The number of nitrogens with one attached hydrogen (secondary N) is 1. The van der Waals surface area contributed by atoms with Gasteiger partial charge in [0.1, 0.15) is 6.61 Å². The summed E-state index contributed by atoms with van der Waals surface area (Å²) in [5, 5.41) is 7.15. The van der Waals surface area contributed by atoms with Gasteiger partial charge in [-0.3, -0.25) is 0 Å². The van der Waals surface area contributed by atoms with Crippen molar-refractivity contribution in [1.29, 1.82) is 0 Å². The Morgan fingerprint density at radius 2 is 2.16 bits per heavy atom. The zero-order valence-corrected chi connectivity index (χ0v) is 11.0. The number of nitrogens with zero attached hydrogens (tertiary/aromatic N) is 1. The molecule has 0 fully saturated rings. The van der Waals surface area contributed by atoms with Crippen LogP contribution in [-0.4, -0.2) is 11.2 Å². The minimum atomic E-state index is -0.385. The van der Waals surface area contributed by atoms with Crippen LogP contribution < -0.4 is 10.1 Å². The molecule has 2 rings (SSSR count). The summed E-state index contributed by atoms with van der Waals surface area (Å²) in [5.74, 6) is 0.397. The third-order valence-corrected chi connectivity index (χ3v) is 2.51. The first kappa shape index (κ1) is 13.5. The first-order chi connectivity index (χ1) is 9.15. The molecule has 5 heteroatoms. The Morgan fingerprint density at radius 3 is 2.89 bits per heavy atom. The summed E-state index contributed by atoms with van der Waals surface area (Å²) < 4.78 is 23.8. The van der Waals surface area contributed by atoms with Gasteiger partial charge in [-0.15, -0.1) is 0 Å². The lowest BCUT2D eigenvalue weighted by atomic mass is 10.3. The molecule has 0 amide bonds. The Kier molecular flexibility index (Phi) is 4.52. The lowest BCUT2D eigenvalue weighted by Gasteiger charge is -2.04. The Hall–Kier alpha value is -1.88. The molecule has 0 saturated heterocycles. The smallest absolute Gasteiger partial charge is 0.174 e. The van der Waals surface area contributed by atoms with Crippen molar-refractivity contribution in [1.82, 2.24) is 10.5 Å². The van der Waals surface area contributed by atoms with Gasteiger partial charge in [0.2, 0.25) is 0 Å². The van der Waals surface area contributed by atoms with E-state index >= 15 is 0 Å². The van der Waals surface area contributed by atoms with Gasteiger partial charge in [-0.2, -0.15) is 0 Å². The number of rotatable bonds is 6. The van der Waals surface area contributed by atoms with E-state index in [1.807, 2.05) is 0 Å². The lowest BCUT2D eigenvalue weighted by molar-refractivity contribution is 0.239. The van der Waals surface area contributed by atoms with Gasteiger partial charge in [0.05, 0.1) is 5.69 Å². The molecule has 0 radical (unpaired) electrons. The Labute approximate surface area is 111 Å². The highest BCUT2D eigenvalue weighted by Crippen LogP contribution is 2.17. The van der Waals surface area contributed by atoms with Crippen molar-refractivity contribution >= 4 is 0 Å². The summed E-state index contributed by atoms with van der Waals surface area (Å²) in [5.41, 5.74) is 0.806. The van der Waals surface area contributed by atoms with E-state index in [0.717, 1.165) is 5.69 Å². The summed E-state index contributed by atoms with van der Waals surface area (Å²) in [6, 6.07) is 8.45. The summed E-state index contributed by atoms with van der Waals surface area (Å²) >= 11 is 0. The van der Waals surface area contributed by atoms with Crippen LogP contribution in [0.25, 0.3) is 0 Å². The van der Waals surface area contributed by atoms with Gasteiger partial charge < -0.3 is 14.6 Å². The van der Waals surface area contributed by atoms with E-state index in [9.17, 15) is 4.39 Å². The van der Waals surface area contributed by atoms with Crippen LogP contribution in [0, 0.1) is 5.82 Å². The normalized spacial score (nSPS) is 10.9. The minimum Gasteiger partial charge on any atom is -0.482 e. The number of hydrogen-bond acceptors (Lipinski definition) is 4. The van der Waals surface area contributed by atoms with Crippen molar-refractivity contribution in [3.63, 3.8) is 0 Å². The predicted molar refractivity (Wildman–Crippen MR) is 69.2 cm³/mol. The van der Waals surface area contributed by atoms with Crippen molar-refractivity contribution < 1.29 is 13.7 Å². The van der Waals surface area contributed by atoms with Crippen molar-refractivity contribution in [3.05, 3.63) is 47.6 Å². The Balaban J connectivity index is 1.88. The SMILES string of the molecule is CC(C)NCc1cc(COc2ccccc2F)on1. The Bertz CT molecular complexity index is 526. The van der Waals surface area contributed by atoms with Crippen LogP contribution in [0.4, 0.5) is 4.39 Å². The monoisotopic (exact) mass is 264 g/mol. The molecule has 1 aromatic heterocycles. The third kappa shape index (κ3) is 4.06. The molecule has 1 N–H and O–H groups in total. The van der Waals surface area contributed by atoms with Gasteiger partial charge in [-0.05, 0) is 12.1 Å². The quantitative estimate of drug-likeness (QED) is 0.871. The number of benzene rings is 1. The second-order valence-corrected chi connectivity index (χ2v) is 4.54. The highest BCUT2D eigenvalue weighted by atomic mass is 19.1. The molecule has 0 aliphatic heterocycles. The molecule has 2 aromatic rings. The molecule has 0 saturated carbocycles. The second kappa shape index (κ2) is 6.33. The maximum Gasteiger partial charge on any atom is 0.174 e. The van der Waals surface area contributed by atoms with Crippen molar-refractivity contribution in [2.75, 3.05) is 0 Å². The molecule has 0 unspecified atom stereocenters. The Morgan fingerprint density at radius 1 is 1.37 bits per heavy atom. The van der Waals surface area contributed by atoms with Gasteiger partial charge >= 0.3 is 0 Å². The second-order valence-electron chi connectivity index (χ2n) is 4.54. The maximum atomic E-state index is 13.3. The maximum absolute atomic E-state index is 13.3. The molecule has 19 heavy (non-hydrogen) atoms. The fourth-order valence-corrected chi connectivity index (χ4v) is 1.53. The number of hydrogen-bond donors (Lipinski definition) is 1. The molecular formula is C14H17FN2O2. The topological polar surface area (TPSA) is 47.3 Å². The molecular weight excluding hydrogens is 247 g/mol. The van der Waals surface area contributed by atoms with E-state index in [-0.39, 0.29) is 18.2 Å². The van der Waals surface area contributed by atoms with Gasteiger partial charge in [-0.25, -0.2) is 4.39 Å². The zero-order chi connectivity index (χ0) is 13.7. The van der Waals surface area contributed by atoms with E-state index in [0.29, 0.717) is 18.3 Å². The summed E-state index contributed by atoms with van der Waals surface area (Å²) in [7, 11) is 0. The first-order valence-electron chi connectivity index (χ1n) is 6.20. The molecule has 0 spiro atoms. The predicted octanol–water partition coefficient (Wildman–Crippen LogP) is 2.89. The van der Waals surface area contributed by atoms with Gasteiger partial charge in [0.25, 0.3) is 0 Å². The first-order valence-corrected chi connectivity index (χ1v) is 6.20. The van der Waals surface area contributed by atoms with Crippen LogP contribution in [0.15, 0.2) is 34.9 Å². The van der Waals surface area contributed by atoms with E-state index < -0.39 is 0 Å². The van der Waals surface area contributed by atoms with E-state index in [2.05, 4.69) is 24.3 Å². The van der Waals surface area contributed by atoms with E-state index in [1.54, 1.807) is 24.3 Å². The molecule has 0 atom stereocenters. The largest absolute Gasteiger partial charge is 0.482 e. The van der Waals surface area contributed by atoms with Crippen LogP contribution in [0.2, 0.25) is 0 Å². The fourth-order valence-electron chi connectivity index (χ4n) is 1.53. The van der Waals surface area contributed by atoms with Crippen LogP contribution in [0.5, 0.6) is 5.75 Å². The molecule has 0 aliphatic carbocycles. The summed E-state index contributed by atoms with van der Waals surface area (Å²) in [6.07, 6.45) is 0.